The van der Waals surface area contributed by atoms with Crippen LogP contribution in [0.15, 0.2) is 46.2 Å². The molecule has 25 heavy (non-hydrogen) atoms. The van der Waals surface area contributed by atoms with Crippen LogP contribution in [0.5, 0.6) is 11.5 Å². The number of benzene rings is 2. The Kier molecular flexibility index (Phi) is 4.61. The lowest BCUT2D eigenvalue weighted by Gasteiger charge is -2.33. The van der Waals surface area contributed by atoms with E-state index in [2.05, 4.69) is 19.2 Å². The predicted octanol–water partition coefficient (Wildman–Crippen LogP) is 3.34. The van der Waals surface area contributed by atoms with Gasteiger partial charge < -0.3 is 14.4 Å². The van der Waals surface area contributed by atoms with Crippen LogP contribution in [0.4, 0.5) is 4.39 Å². The number of likely N-dealkylation sites (tertiary alicyclic amines) is 1. The summed E-state index contributed by atoms with van der Waals surface area (Å²) < 4.78 is 25.6. The van der Waals surface area contributed by atoms with Crippen molar-refractivity contribution in [1.82, 2.24) is 0 Å². The molecule has 1 N–H and O–H groups in total. The molecule has 0 spiro atoms. The molecule has 2 aliphatic heterocycles. The van der Waals surface area contributed by atoms with Crippen molar-refractivity contribution in [2.75, 3.05) is 27.2 Å². The molecule has 0 aliphatic carbocycles. The highest BCUT2D eigenvalue weighted by molar-refractivity contribution is 7.99. The lowest BCUT2D eigenvalue weighted by molar-refractivity contribution is -0.886. The summed E-state index contributed by atoms with van der Waals surface area (Å²) in [6, 6.07) is 10.9. The average Bonchev–Trinajstić information content (AvgIpc) is 2.78. The minimum atomic E-state index is -0.230. The van der Waals surface area contributed by atoms with Crippen LogP contribution in [0.1, 0.15) is 24.5 Å². The smallest absolute Gasteiger partial charge is 0.134 e. The molecule has 0 aromatic heterocycles. The summed E-state index contributed by atoms with van der Waals surface area (Å²) in [5.74, 6) is 1.85. The van der Waals surface area contributed by atoms with E-state index < -0.39 is 0 Å². The SMILES string of the molecule is COc1ccc2c(c1)[C@@H](C1CC[NH+](C)CC1)Oc1ccc(F)cc1S2. The van der Waals surface area contributed by atoms with E-state index >= 15 is 0 Å². The Labute approximate surface area is 152 Å². The first-order chi connectivity index (χ1) is 12.1. The summed E-state index contributed by atoms with van der Waals surface area (Å²) in [6.07, 6.45) is 2.25. The van der Waals surface area contributed by atoms with Gasteiger partial charge in [-0.2, -0.15) is 0 Å². The van der Waals surface area contributed by atoms with Crippen LogP contribution in [-0.4, -0.2) is 27.2 Å². The van der Waals surface area contributed by atoms with Gasteiger partial charge in [-0.05, 0) is 36.4 Å². The van der Waals surface area contributed by atoms with Gasteiger partial charge in [0.2, 0.25) is 0 Å². The summed E-state index contributed by atoms with van der Waals surface area (Å²) in [4.78, 5) is 3.54. The van der Waals surface area contributed by atoms with Gasteiger partial charge in [0.1, 0.15) is 23.4 Å². The van der Waals surface area contributed by atoms with E-state index in [0.29, 0.717) is 5.92 Å². The number of ether oxygens (including phenoxy) is 2. The number of rotatable bonds is 2. The highest BCUT2D eigenvalue weighted by Crippen LogP contribution is 2.48. The van der Waals surface area contributed by atoms with Crippen molar-refractivity contribution < 1.29 is 18.8 Å². The fraction of sp³-hybridized carbons (Fsp3) is 0.400. The Morgan fingerprint density at radius 1 is 1.12 bits per heavy atom. The van der Waals surface area contributed by atoms with E-state index in [1.807, 2.05) is 6.07 Å². The van der Waals surface area contributed by atoms with Crippen LogP contribution in [0.3, 0.4) is 0 Å². The maximum Gasteiger partial charge on any atom is 0.134 e. The van der Waals surface area contributed by atoms with Crippen molar-refractivity contribution in [2.24, 2.45) is 5.92 Å². The van der Waals surface area contributed by atoms with E-state index in [0.717, 1.165) is 52.8 Å². The van der Waals surface area contributed by atoms with E-state index in [-0.39, 0.29) is 11.9 Å². The zero-order chi connectivity index (χ0) is 17.4. The molecule has 2 aromatic carbocycles. The highest BCUT2D eigenvalue weighted by atomic mass is 32.2. The fourth-order valence-corrected chi connectivity index (χ4v) is 4.79. The number of nitrogens with one attached hydrogen (secondary N) is 1. The highest BCUT2D eigenvalue weighted by Gasteiger charge is 2.34. The van der Waals surface area contributed by atoms with Crippen LogP contribution in [-0.2, 0) is 0 Å². The Bertz CT molecular complexity index is 774. The number of methoxy groups -OCH3 is 1. The minimum absolute atomic E-state index is 0.0163. The Morgan fingerprint density at radius 3 is 2.68 bits per heavy atom. The molecule has 132 valence electrons. The Morgan fingerprint density at radius 2 is 1.92 bits per heavy atom. The zero-order valence-corrected chi connectivity index (χ0v) is 15.4. The number of piperidine rings is 1. The van der Waals surface area contributed by atoms with Gasteiger partial charge in [-0.1, -0.05) is 11.8 Å². The third-order valence-electron chi connectivity index (χ3n) is 5.22. The first kappa shape index (κ1) is 16.7. The third-order valence-corrected chi connectivity index (χ3v) is 6.35. The maximum atomic E-state index is 13.7. The van der Waals surface area contributed by atoms with Crippen LogP contribution < -0.4 is 14.4 Å². The van der Waals surface area contributed by atoms with Gasteiger partial charge in [0.15, 0.2) is 0 Å². The zero-order valence-electron chi connectivity index (χ0n) is 14.5. The molecular formula is C20H23FNO2S+. The topological polar surface area (TPSA) is 22.9 Å². The fourth-order valence-electron chi connectivity index (χ4n) is 3.73. The number of hydrogen-bond acceptors (Lipinski definition) is 3. The average molecular weight is 360 g/mol. The van der Waals surface area contributed by atoms with Crippen LogP contribution in [0.2, 0.25) is 0 Å². The van der Waals surface area contributed by atoms with Crippen molar-refractivity contribution in [2.45, 2.75) is 28.7 Å². The van der Waals surface area contributed by atoms with Crippen LogP contribution >= 0.6 is 11.8 Å². The molecule has 5 heteroatoms. The standard InChI is InChI=1S/C20H22FNO2S/c1-22-9-7-13(8-10-22)20-16-12-15(23-2)4-6-18(16)25-19-11-14(21)3-5-17(19)24-20/h3-6,11-13,20H,7-10H2,1-2H3/p+1/t20-/m1/s1. The van der Waals surface area contributed by atoms with E-state index in [1.165, 1.54) is 6.07 Å². The molecule has 0 amide bonds. The number of fused-ring (bicyclic) bond motifs is 2. The van der Waals surface area contributed by atoms with Crippen molar-refractivity contribution in [3.8, 4) is 11.5 Å². The second-order valence-electron chi connectivity index (χ2n) is 6.93. The third kappa shape index (κ3) is 3.35. The number of halogens is 1. The molecule has 0 unspecified atom stereocenters. The molecule has 0 radical (unpaired) electrons. The predicted molar refractivity (Wildman–Crippen MR) is 96.2 cm³/mol. The molecule has 4 rings (SSSR count). The minimum Gasteiger partial charge on any atom is -0.497 e. The van der Waals surface area contributed by atoms with Gasteiger partial charge in [0.25, 0.3) is 0 Å². The lowest BCUT2D eigenvalue weighted by Crippen LogP contribution is -3.10. The van der Waals surface area contributed by atoms with Gasteiger partial charge in [0, 0.05) is 29.2 Å². The monoisotopic (exact) mass is 360 g/mol. The molecule has 2 aliphatic rings. The van der Waals surface area contributed by atoms with Crippen molar-refractivity contribution >= 4 is 11.8 Å². The molecule has 1 fully saturated rings. The van der Waals surface area contributed by atoms with E-state index in [4.69, 9.17) is 9.47 Å². The van der Waals surface area contributed by atoms with E-state index in [9.17, 15) is 4.39 Å². The van der Waals surface area contributed by atoms with E-state index in [1.54, 1.807) is 35.9 Å². The van der Waals surface area contributed by atoms with Gasteiger partial charge in [-0.25, -0.2) is 4.39 Å². The lowest BCUT2D eigenvalue weighted by atomic mass is 9.87. The molecule has 1 atom stereocenters. The molecular weight excluding hydrogens is 337 g/mol. The number of quaternary nitrogens is 1. The molecule has 0 saturated carbocycles. The number of hydrogen-bond donors (Lipinski definition) is 1. The van der Waals surface area contributed by atoms with Crippen molar-refractivity contribution in [3.63, 3.8) is 0 Å². The van der Waals surface area contributed by atoms with Gasteiger partial charge in [0.05, 0.1) is 32.1 Å². The van der Waals surface area contributed by atoms with Crippen molar-refractivity contribution in [1.29, 1.82) is 0 Å². The quantitative estimate of drug-likeness (QED) is 0.888. The van der Waals surface area contributed by atoms with Gasteiger partial charge in [-0.15, -0.1) is 0 Å². The first-order valence-electron chi connectivity index (χ1n) is 8.77. The Balaban J connectivity index is 1.77. The second-order valence-corrected chi connectivity index (χ2v) is 8.01. The molecule has 0 bridgehead atoms. The van der Waals surface area contributed by atoms with Crippen LogP contribution in [0.25, 0.3) is 0 Å². The molecule has 2 heterocycles. The summed E-state index contributed by atoms with van der Waals surface area (Å²) in [7, 11) is 3.93. The summed E-state index contributed by atoms with van der Waals surface area (Å²) in [5, 5.41) is 0. The summed E-state index contributed by atoms with van der Waals surface area (Å²) in [6.45, 7) is 2.32. The van der Waals surface area contributed by atoms with Gasteiger partial charge in [-0.3, -0.25) is 0 Å². The summed E-state index contributed by atoms with van der Waals surface area (Å²) in [5.41, 5.74) is 1.16. The summed E-state index contributed by atoms with van der Waals surface area (Å²) >= 11 is 1.58. The molecule has 1 saturated heterocycles. The largest absolute Gasteiger partial charge is 0.497 e. The maximum absolute atomic E-state index is 13.7. The normalized spacial score (nSPS) is 25.3. The Hall–Kier alpha value is -1.72. The molecule has 3 nitrogen and oxygen atoms in total. The van der Waals surface area contributed by atoms with Crippen LogP contribution in [0, 0.1) is 11.7 Å². The second kappa shape index (κ2) is 6.89. The molecule has 2 aromatic rings. The first-order valence-corrected chi connectivity index (χ1v) is 9.59. The van der Waals surface area contributed by atoms with Gasteiger partial charge >= 0.3 is 0 Å². The van der Waals surface area contributed by atoms with Crippen molar-refractivity contribution in [3.05, 3.63) is 47.8 Å².